The fraction of sp³-hybridized carbons (Fsp3) is 0.846. The first-order chi connectivity index (χ1) is 31.8. The summed E-state index contributed by atoms with van der Waals surface area (Å²) in [6.45, 7) is 20.2. The van der Waals surface area contributed by atoms with Crippen LogP contribution < -0.4 is 0 Å². The van der Waals surface area contributed by atoms with E-state index in [0.29, 0.717) is 32.4 Å². The van der Waals surface area contributed by atoms with E-state index in [1.807, 2.05) is 58.0 Å². The Morgan fingerprint density at radius 3 is 2.28 bits per heavy atom. The number of carbonyl (C=O) groups excluding carboxylic acids is 2. The van der Waals surface area contributed by atoms with Gasteiger partial charge in [0, 0.05) is 51.0 Å². The third-order valence-corrected chi connectivity index (χ3v) is 16.0. The molecule has 0 amide bonds. The van der Waals surface area contributed by atoms with Crippen LogP contribution in [0.4, 0.5) is 0 Å². The van der Waals surface area contributed by atoms with E-state index in [1.165, 1.54) is 19.6 Å². The number of nitrogens with zero attached hydrogens (tertiary/aromatic N) is 3. The van der Waals surface area contributed by atoms with Gasteiger partial charge in [0.2, 0.25) is 0 Å². The zero-order chi connectivity index (χ0) is 50.5. The molecule has 16 heteroatoms. The molecule has 0 spiro atoms. The Hall–Kier alpha value is -2.16. The second-order valence-corrected chi connectivity index (χ2v) is 21.9. The van der Waals surface area contributed by atoms with Gasteiger partial charge in [0.25, 0.3) is 0 Å². The number of likely N-dealkylation sites (tertiary alicyclic amines) is 1. The summed E-state index contributed by atoms with van der Waals surface area (Å²) in [6, 6.07) is 9.17. The number of hydrogen-bond donors (Lipinski definition) is 5. The smallest absolute Gasteiger partial charge is 0.311 e. The summed E-state index contributed by atoms with van der Waals surface area (Å²) < 4.78 is 38.3. The first-order valence-electron chi connectivity index (χ1n) is 25.4. The summed E-state index contributed by atoms with van der Waals surface area (Å²) in [7, 11) is 5.29. The second-order valence-electron chi connectivity index (χ2n) is 21.9. The number of methoxy groups -OCH3 is 1. The first-order valence-corrected chi connectivity index (χ1v) is 25.4. The summed E-state index contributed by atoms with van der Waals surface area (Å²) in [5.74, 6) is -2.51. The van der Waals surface area contributed by atoms with Crippen molar-refractivity contribution in [2.45, 2.75) is 223 Å². The Morgan fingerprint density at radius 1 is 0.956 bits per heavy atom. The predicted octanol–water partition coefficient (Wildman–Crippen LogP) is 4.28. The van der Waals surface area contributed by atoms with Crippen LogP contribution in [0.3, 0.4) is 0 Å². The molecule has 0 radical (unpaired) electrons. The van der Waals surface area contributed by atoms with E-state index in [4.69, 9.17) is 28.4 Å². The lowest BCUT2D eigenvalue weighted by Crippen LogP contribution is -2.60. The maximum Gasteiger partial charge on any atom is 0.311 e. The number of hydrogen-bond acceptors (Lipinski definition) is 16. The monoisotopic (exact) mass is 964 g/mol. The quantitative estimate of drug-likeness (QED) is 0.165. The van der Waals surface area contributed by atoms with Crippen molar-refractivity contribution < 1.29 is 63.5 Å². The molecule has 0 unspecified atom stereocenters. The second kappa shape index (κ2) is 24.0. The molecular weight excluding hydrogens is 875 g/mol. The Kier molecular flexibility index (Phi) is 20.1. The van der Waals surface area contributed by atoms with Crippen molar-refractivity contribution in [3.63, 3.8) is 0 Å². The average Bonchev–Trinajstić information content (AvgIpc) is 3.75. The molecule has 5 rings (SSSR count). The van der Waals surface area contributed by atoms with Gasteiger partial charge < -0.3 is 63.8 Å². The van der Waals surface area contributed by atoms with Crippen molar-refractivity contribution in [2.24, 2.45) is 17.8 Å². The topological polar surface area (TPSA) is 200 Å². The summed E-state index contributed by atoms with van der Waals surface area (Å²) >= 11 is 0. The lowest BCUT2D eigenvalue weighted by Gasteiger charge is -2.49. The lowest BCUT2D eigenvalue weighted by atomic mass is 9.77. The van der Waals surface area contributed by atoms with Gasteiger partial charge >= 0.3 is 5.97 Å². The molecule has 19 atom stereocenters. The van der Waals surface area contributed by atoms with Crippen LogP contribution >= 0.6 is 0 Å². The highest BCUT2D eigenvalue weighted by atomic mass is 16.7. The number of aliphatic hydroxyl groups excluding tert-OH is 3. The largest absolute Gasteiger partial charge is 0.459 e. The zero-order valence-electron chi connectivity index (χ0n) is 43.5. The van der Waals surface area contributed by atoms with Gasteiger partial charge in [-0.3, -0.25) is 14.5 Å². The standard InChI is InChI=1S/C52H89N3O13/c1-14-41-52(10,62)45(58)35(6)54(12)29-31(2)27-50(8,61)47(33(4)44(34(5)48(60)66-41)67-42-28-51(9,63-13)46(59)36(7)65-42)68-49-43(57)39(26-32(3)64-49)53(11)24-19-23-40(56)38-22-18-25-55(38)30-37-20-16-15-17-21-37/h15-17,20-21,31-36,38-39,41-47,49,57-59,61-62H,14,18-19,22-30H2,1-13H3/t31-,32-,33+,34-,35-,36+,38+,39+,41-,42+,43-,44+,45-,46+,47-,49+,50-,51-,52-/m1/s1. The number of esters is 1. The number of carbonyl (C=O) groups is 2. The van der Waals surface area contributed by atoms with Gasteiger partial charge in [-0.2, -0.15) is 0 Å². The van der Waals surface area contributed by atoms with Gasteiger partial charge in [0.15, 0.2) is 12.6 Å². The minimum absolute atomic E-state index is 0.103. The highest BCUT2D eigenvalue weighted by Gasteiger charge is 2.53. The average molecular weight is 964 g/mol. The number of ketones is 1. The van der Waals surface area contributed by atoms with Crippen LogP contribution in [0.5, 0.6) is 0 Å². The summed E-state index contributed by atoms with van der Waals surface area (Å²) in [6.07, 6.45) is -6.05. The summed E-state index contributed by atoms with van der Waals surface area (Å²) in [5, 5.41) is 59.6. The normalized spacial score (nSPS) is 43.2. The predicted molar refractivity (Wildman–Crippen MR) is 257 cm³/mol. The Morgan fingerprint density at radius 2 is 1.63 bits per heavy atom. The number of aliphatic hydroxyl groups is 5. The lowest BCUT2D eigenvalue weighted by molar-refractivity contribution is -0.318. The van der Waals surface area contributed by atoms with Crippen molar-refractivity contribution in [1.82, 2.24) is 14.7 Å². The maximum atomic E-state index is 14.5. The van der Waals surface area contributed by atoms with Crippen LogP contribution in [0.25, 0.3) is 0 Å². The maximum absolute atomic E-state index is 14.5. The van der Waals surface area contributed by atoms with Crippen molar-refractivity contribution in [2.75, 3.05) is 40.8 Å². The number of Topliss-reactive ketones (excluding diaryl/α,β-unsaturated/α-hetero) is 1. The van der Waals surface area contributed by atoms with Gasteiger partial charge in [-0.25, -0.2) is 0 Å². The van der Waals surface area contributed by atoms with Crippen molar-refractivity contribution >= 4 is 11.8 Å². The third kappa shape index (κ3) is 13.5. The summed E-state index contributed by atoms with van der Waals surface area (Å²) in [4.78, 5) is 34.4. The molecule has 0 bridgehead atoms. The zero-order valence-corrected chi connectivity index (χ0v) is 43.5. The van der Waals surface area contributed by atoms with E-state index >= 15 is 0 Å². The molecule has 1 aromatic carbocycles. The van der Waals surface area contributed by atoms with E-state index in [-0.39, 0.29) is 43.1 Å². The molecular formula is C52H89N3O13. The molecule has 16 nitrogen and oxygen atoms in total. The van der Waals surface area contributed by atoms with Crippen LogP contribution in [0.1, 0.15) is 126 Å². The van der Waals surface area contributed by atoms with E-state index in [2.05, 4.69) is 21.9 Å². The summed E-state index contributed by atoms with van der Waals surface area (Å²) in [5.41, 5.74) is -3.31. The van der Waals surface area contributed by atoms with Crippen LogP contribution in [-0.2, 0) is 44.6 Å². The van der Waals surface area contributed by atoms with Gasteiger partial charge in [-0.1, -0.05) is 51.1 Å². The minimum atomic E-state index is -1.83. The number of benzene rings is 1. The third-order valence-electron chi connectivity index (χ3n) is 16.0. The number of likely N-dealkylation sites (N-methyl/N-ethyl adjacent to an activating group) is 2. The molecule has 4 heterocycles. The van der Waals surface area contributed by atoms with Gasteiger partial charge in [0.1, 0.15) is 35.8 Å². The molecule has 390 valence electrons. The molecule has 0 aromatic heterocycles. The van der Waals surface area contributed by atoms with Gasteiger partial charge in [-0.15, -0.1) is 0 Å². The Bertz CT molecular complexity index is 1740. The van der Waals surface area contributed by atoms with Crippen molar-refractivity contribution in [3.05, 3.63) is 35.9 Å². The molecule has 4 aliphatic rings. The Balaban J connectivity index is 1.42. The molecule has 0 aliphatic carbocycles. The van der Waals surface area contributed by atoms with Gasteiger partial charge in [-0.05, 0) is 126 Å². The molecule has 0 saturated carbocycles. The van der Waals surface area contributed by atoms with E-state index in [9.17, 15) is 35.1 Å². The number of ether oxygens (including phenoxy) is 6. The van der Waals surface area contributed by atoms with Crippen LogP contribution in [0, 0.1) is 17.8 Å². The fourth-order valence-corrected chi connectivity index (χ4v) is 11.7. The van der Waals surface area contributed by atoms with Crippen molar-refractivity contribution in [3.8, 4) is 0 Å². The van der Waals surface area contributed by atoms with Gasteiger partial charge in [0.05, 0.1) is 47.6 Å². The number of rotatable bonds is 14. The molecule has 4 aliphatic heterocycles. The van der Waals surface area contributed by atoms with Crippen LogP contribution in [-0.4, -0.2) is 189 Å². The van der Waals surface area contributed by atoms with Crippen LogP contribution in [0.15, 0.2) is 30.3 Å². The molecule has 68 heavy (non-hydrogen) atoms. The Labute approximate surface area is 406 Å². The van der Waals surface area contributed by atoms with Crippen molar-refractivity contribution in [1.29, 1.82) is 0 Å². The SMILES string of the molecule is CC[C@H]1OC(=O)[C@H](C)[C@@H](O[C@H]2C[C@@](C)(OC)[C@@H](O)[C@H](C)O2)[C@H](C)[C@@H](O[C@@H]2O[C@H](C)C[C@H](N(C)CCCC(=O)[C@@H]3CCCN3Cc3ccccc3)[C@H]2O)[C@](C)(O)C[C@@H](C)CN(C)[C@H](C)[C@@H](O)[C@]1(C)O. The van der Waals surface area contributed by atoms with E-state index in [0.717, 1.165) is 25.9 Å². The molecule has 4 saturated heterocycles. The fourth-order valence-electron chi connectivity index (χ4n) is 11.7. The minimum Gasteiger partial charge on any atom is -0.459 e. The van der Waals surface area contributed by atoms with Crippen LogP contribution in [0.2, 0.25) is 0 Å². The molecule has 5 N–H and O–H groups in total. The molecule has 4 fully saturated rings. The first kappa shape index (κ1) is 56.8. The van der Waals surface area contributed by atoms with E-state index in [1.54, 1.807) is 41.5 Å². The highest BCUT2D eigenvalue weighted by Crippen LogP contribution is 2.40. The number of cyclic esters (lactones) is 1. The highest BCUT2D eigenvalue weighted by molar-refractivity contribution is 5.84. The molecule has 1 aromatic rings. The van der Waals surface area contributed by atoms with E-state index < -0.39 is 102 Å².